The Morgan fingerprint density at radius 3 is 1.60 bits per heavy atom. The third-order valence-corrected chi connectivity index (χ3v) is 9.83. The van der Waals surface area contributed by atoms with E-state index in [1.165, 1.54) is 11.1 Å². The Morgan fingerprint density at radius 2 is 0.868 bits per heavy atom. The van der Waals surface area contributed by atoms with Gasteiger partial charge >= 0.3 is 0 Å². The van der Waals surface area contributed by atoms with Gasteiger partial charge in [-0.25, -0.2) is 19.9 Å². The van der Waals surface area contributed by atoms with Gasteiger partial charge in [0, 0.05) is 39.2 Å². The molecular formula is C48H31N5. The average Bonchev–Trinajstić information content (AvgIpc) is 3.63. The normalized spacial score (nSPS) is 11.4. The predicted molar refractivity (Wildman–Crippen MR) is 216 cm³/mol. The van der Waals surface area contributed by atoms with E-state index < -0.39 is 0 Å². The molecule has 5 heteroatoms. The van der Waals surface area contributed by atoms with Crippen LogP contribution in [-0.2, 0) is 0 Å². The second-order valence-corrected chi connectivity index (χ2v) is 13.2. The van der Waals surface area contributed by atoms with Gasteiger partial charge in [-0.2, -0.15) is 0 Å². The Balaban J connectivity index is 1.07. The van der Waals surface area contributed by atoms with E-state index in [4.69, 9.17) is 19.9 Å². The van der Waals surface area contributed by atoms with Gasteiger partial charge in [0.25, 0.3) is 0 Å². The van der Waals surface area contributed by atoms with Gasteiger partial charge in [0.2, 0.25) is 0 Å². The number of rotatable bonds is 6. The maximum atomic E-state index is 5.24. The van der Waals surface area contributed by atoms with Crippen LogP contribution in [0.2, 0.25) is 0 Å². The van der Waals surface area contributed by atoms with Gasteiger partial charge in [-0.3, -0.25) is 4.40 Å². The molecule has 0 spiro atoms. The summed E-state index contributed by atoms with van der Waals surface area (Å²) in [7, 11) is 0. The molecule has 0 bridgehead atoms. The zero-order valence-electron chi connectivity index (χ0n) is 28.6. The lowest BCUT2D eigenvalue weighted by atomic mass is 9.97. The third-order valence-electron chi connectivity index (χ3n) is 9.83. The van der Waals surface area contributed by atoms with Crippen molar-refractivity contribution in [3.63, 3.8) is 0 Å². The molecule has 4 aromatic heterocycles. The molecule has 5 nitrogen and oxygen atoms in total. The van der Waals surface area contributed by atoms with E-state index in [9.17, 15) is 0 Å². The standard InChI is InChI=1S/C48H31N5/c1-3-13-32(14-4-1)33-24-26-35(27-25-33)43-31-42(34-15-5-2-6-16-34)49-47(50-43)39-20-12-18-37(30-39)36-17-11-19-38(29-36)45-40-21-7-8-22-41(40)46-48(52-45)53-28-10-9-23-44(53)51-46/h1-31H. The fourth-order valence-corrected chi connectivity index (χ4v) is 7.18. The van der Waals surface area contributed by atoms with Crippen molar-refractivity contribution in [3.8, 4) is 67.4 Å². The topological polar surface area (TPSA) is 56.0 Å². The Morgan fingerprint density at radius 1 is 0.340 bits per heavy atom. The van der Waals surface area contributed by atoms with Crippen LogP contribution in [0.25, 0.3) is 95.0 Å². The first kappa shape index (κ1) is 30.6. The molecule has 6 aromatic carbocycles. The molecule has 10 aromatic rings. The number of benzene rings is 6. The van der Waals surface area contributed by atoms with E-state index in [1.807, 2.05) is 48.7 Å². The molecule has 0 aliphatic heterocycles. The first-order valence-corrected chi connectivity index (χ1v) is 17.7. The Kier molecular flexibility index (Phi) is 7.40. The average molecular weight is 678 g/mol. The lowest BCUT2D eigenvalue weighted by molar-refractivity contribution is 1.18. The second-order valence-electron chi connectivity index (χ2n) is 13.2. The zero-order chi connectivity index (χ0) is 35.1. The maximum Gasteiger partial charge on any atom is 0.165 e. The summed E-state index contributed by atoms with van der Waals surface area (Å²) in [6, 6.07) is 63.0. The number of hydrogen-bond acceptors (Lipinski definition) is 4. The Bertz CT molecular complexity index is 2930. The molecule has 0 aliphatic rings. The molecule has 0 amide bonds. The highest BCUT2D eigenvalue weighted by molar-refractivity contribution is 6.09. The summed E-state index contributed by atoms with van der Waals surface area (Å²) in [5.41, 5.74) is 13.9. The zero-order valence-corrected chi connectivity index (χ0v) is 28.6. The monoisotopic (exact) mass is 677 g/mol. The second kappa shape index (κ2) is 12.8. The third kappa shape index (κ3) is 5.61. The van der Waals surface area contributed by atoms with Crippen LogP contribution in [0.1, 0.15) is 0 Å². The number of fused-ring (bicyclic) bond motifs is 5. The van der Waals surface area contributed by atoms with Crippen LogP contribution in [0.4, 0.5) is 0 Å². The highest BCUT2D eigenvalue weighted by atomic mass is 15.1. The van der Waals surface area contributed by atoms with Crippen LogP contribution >= 0.6 is 0 Å². The molecule has 4 heterocycles. The van der Waals surface area contributed by atoms with Crippen LogP contribution in [-0.4, -0.2) is 24.3 Å². The molecular weight excluding hydrogens is 647 g/mol. The van der Waals surface area contributed by atoms with Crippen LogP contribution in [0.15, 0.2) is 188 Å². The SMILES string of the molecule is c1ccc(-c2ccc(-c3cc(-c4ccccc4)nc(-c4cccc(-c5cccc(-c6nc7c(nc8ccccn87)c7ccccc67)c5)c4)n3)cc2)cc1. The number of pyridine rings is 2. The largest absolute Gasteiger partial charge is 0.284 e. The van der Waals surface area contributed by atoms with Gasteiger partial charge in [-0.15, -0.1) is 0 Å². The quantitative estimate of drug-likeness (QED) is 0.176. The minimum absolute atomic E-state index is 0.678. The van der Waals surface area contributed by atoms with Gasteiger partial charge in [-0.1, -0.05) is 152 Å². The smallest absolute Gasteiger partial charge is 0.165 e. The van der Waals surface area contributed by atoms with Crippen LogP contribution in [0.5, 0.6) is 0 Å². The molecule has 0 saturated heterocycles. The molecule has 53 heavy (non-hydrogen) atoms. The number of nitrogens with zero attached hydrogens (tertiary/aromatic N) is 5. The van der Waals surface area contributed by atoms with E-state index in [0.29, 0.717) is 5.82 Å². The van der Waals surface area contributed by atoms with Crippen LogP contribution < -0.4 is 0 Å². The molecule has 0 atom stereocenters. The summed E-state index contributed by atoms with van der Waals surface area (Å²) in [4.78, 5) is 20.5. The molecule has 0 radical (unpaired) electrons. The first-order chi connectivity index (χ1) is 26.2. The highest BCUT2D eigenvalue weighted by Gasteiger charge is 2.16. The maximum absolute atomic E-state index is 5.24. The van der Waals surface area contributed by atoms with Gasteiger partial charge in [0.1, 0.15) is 11.2 Å². The molecule has 248 valence electrons. The van der Waals surface area contributed by atoms with E-state index >= 15 is 0 Å². The highest BCUT2D eigenvalue weighted by Crippen LogP contribution is 2.36. The summed E-state index contributed by atoms with van der Waals surface area (Å²) < 4.78 is 2.06. The van der Waals surface area contributed by atoms with E-state index in [1.54, 1.807) is 0 Å². The molecule has 0 fully saturated rings. The minimum Gasteiger partial charge on any atom is -0.284 e. The van der Waals surface area contributed by atoms with Gasteiger partial charge < -0.3 is 0 Å². The van der Waals surface area contributed by atoms with Crippen molar-refractivity contribution in [1.29, 1.82) is 0 Å². The first-order valence-electron chi connectivity index (χ1n) is 17.7. The van der Waals surface area contributed by atoms with Gasteiger partial charge in [-0.05, 0) is 52.6 Å². The predicted octanol–water partition coefficient (Wildman–Crippen LogP) is 11.8. The molecule has 0 saturated carbocycles. The fourth-order valence-electron chi connectivity index (χ4n) is 7.18. The van der Waals surface area contributed by atoms with Gasteiger partial charge in [0.05, 0.1) is 17.1 Å². The van der Waals surface area contributed by atoms with Gasteiger partial charge in [0.15, 0.2) is 11.5 Å². The van der Waals surface area contributed by atoms with Crippen molar-refractivity contribution in [2.75, 3.05) is 0 Å². The van der Waals surface area contributed by atoms with Crippen molar-refractivity contribution in [3.05, 3.63) is 188 Å². The van der Waals surface area contributed by atoms with Crippen molar-refractivity contribution in [2.24, 2.45) is 0 Å². The van der Waals surface area contributed by atoms with Crippen molar-refractivity contribution < 1.29 is 0 Å². The Hall–Kier alpha value is -7.24. The Labute approximate surface area is 306 Å². The van der Waals surface area contributed by atoms with E-state index in [0.717, 1.165) is 78.0 Å². The minimum atomic E-state index is 0.678. The fraction of sp³-hybridized carbons (Fsp3) is 0. The lowest BCUT2D eigenvalue weighted by Crippen LogP contribution is -1.96. The molecule has 0 unspecified atom stereocenters. The summed E-state index contributed by atoms with van der Waals surface area (Å²) >= 11 is 0. The van der Waals surface area contributed by atoms with Crippen molar-refractivity contribution >= 4 is 27.6 Å². The number of imidazole rings is 1. The van der Waals surface area contributed by atoms with Crippen molar-refractivity contribution in [2.45, 2.75) is 0 Å². The summed E-state index contributed by atoms with van der Waals surface area (Å²) in [5.74, 6) is 0.678. The van der Waals surface area contributed by atoms with E-state index in [2.05, 4.69) is 144 Å². The molecule has 10 rings (SSSR count). The summed E-state index contributed by atoms with van der Waals surface area (Å²) in [6.45, 7) is 0. The molecule has 0 N–H and O–H groups in total. The van der Waals surface area contributed by atoms with E-state index in [-0.39, 0.29) is 0 Å². The summed E-state index contributed by atoms with van der Waals surface area (Å²) in [5, 5.41) is 2.16. The lowest BCUT2D eigenvalue weighted by Gasteiger charge is -2.12. The van der Waals surface area contributed by atoms with Crippen molar-refractivity contribution in [1.82, 2.24) is 24.3 Å². The van der Waals surface area contributed by atoms with Crippen LogP contribution in [0, 0.1) is 0 Å². The van der Waals surface area contributed by atoms with Crippen LogP contribution in [0.3, 0.4) is 0 Å². The molecule has 0 aliphatic carbocycles. The summed E-state index contributed by atoms with van der Waals surface area (Å²) in [6.07, 6.45) is 2.03. The number of hydrogen-bond donors (Lipinski definition) is 0. The number of aromatic nitrogens is 5.